The van der Waals surface area contributed by atoms with E-state index in [0.717, 1.165) is 18.2 Å². The predicted molar refractivity (Wildman–Crippen MR) is 48.4 cm³/mol. The molecule has 1 saturated carbocycles. The number of nitrogens with zero attached hydrogens (tertiary/aromatic N) is 1. The molecule has 0 aliphatic heterocycles. The van der Waals surface area contributed by atoms with E-state index >= 15 is 0 Å². The lowest BCUT2D eigenvalue weighted by Gasteiger charge is -2.17. The minimum atomic E-state index is -2.96. The van der Waals surface area contributed by atoms with Gasteiger partial charge in [0.2, 0.25) is 10.0 Å². The average Bonchev–Trinajstić information content (AvgIpc) is 2.61. The topological polar surface area (TPSA) is 37.4 Å². The van der Waals surface area contributed by atoms with Gasteiger partial charge in [0.15, 0.2) is 0 Å². The van der Waals surface area contributed by atoms with Gasteiger partial charge < -0.3 is 0 Å². The zero-order valence-electron chi connectivity index (χ0n) is 6.46. The first-order valence-electron chi connectivity index (χ1n) is 3.58. The molecule has 0 radical (unpaired) electrons. The molecule has 0 spiro atoms. The molecular formula is C6H12BrNO2S. The fraction of sp³-hybridized carbons (Fsp3) is 1.00. The molecule has 0 unspecified atom stereocenters. The van der Waals surface area contributed by atoms with E-state index in [1.807, 2.05) is 0 Å². The molecule has 1 aliphatic carbocycles. The summed E-state index contributed by atoms with van der Waals surface area (Å²) >= 11 is 3.23. The summed E-state index contributed by atoms with van der Waals surface area (Å²) in [4.78, 5) is 0. The molecule has 0 amide bonds. The van der Waals surface area contributed by atoms with Crippen LogP contribution in [-0.4, -0.2) is 36.9 Å². The number of alkyl halides is 1. The van der Waals surface area contributed by atoms with Crippen LogP contribution in [0.25, 0.3) is 0 Å². The summed E-state index contributed by atoms with van der Waals surface area (Å²) in [6.45, 7) is 0.601. The van der Waals surface area contributed by atoms with Crippen LogP contribution in [0.4, 0.5) is 0 Å². The van der Waals surface area contributed by atoms with Crippen LogP contribution in [0, 0.1) is 0 Å². The maximum atomic E-state index is 11.1. The Kier molecular flexibility index (Phi) is 2.94. The van der Waals surface area contributed by atoms with Crippen LogP contribution in [0.2, 0.25) is 0 Å². The number of rotatable bonds is 4. The third-order valence-corrected chi connectivity index (χ3v) is 3.37. The molecule has 1 aliphatic rings. The minimum Gasteiger partial charge on any atom is -0.212 e. The van der Waals surface area contributed by atoms with Crippen LogP contribution in [-0.2, 0) is 10.0 Å². The summed E-state index contributed by atoms with van der Waals surface area (Å²) in [5.74, 6) is 0. The van der Waals surface area contributed by atoms with Crippen molar-refractivity contribution in [1.29, 1.82) is 0 Å². The van der Waals surface area contributed by atoms with E-state index in [4.69, 9.17) is 0 Å². The van der Waals surface area contributed by atoms with Gasteiger partial charge in [0, 0.05) is 17.9 Å². The minimum absolute atomic E-state index is 0.294. The Hall–Kier alpha value is 0.390. The lowest BCUT2D eigenvalue weighted by Crippen LogP contribution is -2.33. The SMILES string of the molecule is CS(=O)(=O)N(CCBr)C1CC1. The van der Waals surface area contributed by atoms with Gasteiger partial charge in [-0.3, -0.25) is 0 Å². The maximum absolute atomic E-state index is 11.1. The zero-order valence-corrected chi connectivity index (χ0v) is 8.86. The molecule has 1 rings (SSSR count). The maximum Gasteiger partial charge on any atom is 0.211 e. The van der Waals surface area contributed by atoms with Crippen molar-refractivity contribution in [2.45, 2.75) is 18.9 Å². The smallest absolute Gasteiger partial charge is 0.211 e. The lowest BCUT2D eigenvalue weighted by atomic mass is 10.6. The van der Waals surface area contributed by atoms with Gasteiger partial charge in [-0.1, -0.05) is 15.9 Å². The summed E-state index contributed by atoms with van der Waals surface area (Å²) in [6, 6.07) is 0.294. The number of hydrogen-bond acceptors (Lipinski definition) is 2. The first-order chi connectivity index (χ1) is 5.05. The van der Waals surface area contributed by atoms with E-state index < -0.39 is 10.0 Å². The summed E-state index contributed by atoms with van der Waals surface area (Å²) < 4.78 is 23.8. The second-order valence-electron chi connectivity index (χ2n) is 2.79. The van der Waals surface area contributed by atoms with Gasteiger partial charge in [-0.25, -0.2) is 8.42 Å². The molecule has 0 heterocycles. The second kappa shape index (κ2) is 3.41. The molecule has 0 aromatic heterocycles. The van der Waals surface area contributed by atoms with E-state index in [9.17, 15) is 8.42 Å². The quantitative estimate of drug-likeness (QED) is 0.684. The Morgan fingerprint density at radius 3 is 2.36 bits per heavy atom. The first-order valence-corrected chi connectivity index (χ1v) is 6.55. The van der Waals surface area contributed by atoms with Crippen molar-refractivity contribution in [3.05, 3.63) is 0 Å². The Labute approximate surface area is 75.9 Å². The molecule has 11 heavy (non-hydrogen) atoms. The third-order valence-electron chi connectivity index (χ3n) is 1.69. The van der Waals surface area contributed by atoms with Crippen molar-refractivity contribution in [3.8, 4) is 0 Å². The highest BCUT2D eigenvalue weighted by Crippen LogP contribution is 2.28. The summed E-state index contributed by atoms with van der Waals surface area (Å²) in [7, 11) is -2.96. The largest absolute Gasteiger partial charge is 0.212 e. The van der Waals surface area contributed by atoms with Crippen molar-refractivity contribution < 1.29 is 8.42 Å². The highest BCUT2D eigenvalue weighted by molar-refractivity contribution is 9.09. The first kappa shape index (κ1) is 9.48. The van der Waals surface area contributed by atoms with E-state index in [2.05, 4.69) is 15.9 Å². The van der Waals surface area contributed by atoms with Crippen molar-refractivity contribution in [3.63, 3.8) is 0 Å². The molecule has 66 valence electrons. The summed E-state index contributed by atoms with van der Waals surface area (Å²) in [5.41, 5.74) is 0. The Morgan fingerprint density at radius 2 is 2.09 bits per heavy atom. The molecule has 0 aromatic carbocycles. The van der Waals surface area contributed by atoms with Crippen molar-refractivity contribution in [1.82, 2.24) is 4.31 Å². The monoisotopic (exact) mass is 241 g/mol. The van der Waals surface area contributed by atoms with Crippen molar-refractivity contribution in [2.24, 2.45) is 0 Å². The lowest BCUT2D eigenvalue weighted by molar-refractivity contribution is 0.428. The predicted octanol–water partition coefficient (Wildman–Crippen LogP) is 0.805. The molecule has 0 aromatic rings. The highest BCUT2D eigenvalue weighted by atomic mass is 79.9. The molecule has 0 saturated heterocycles. The number of sulfonamides is 1. The van der Waals surface area contributed by atoms with E-state index in [-0.39, 0.29) is 0 Å². The van der Waals surface area contributed by atoms with E-state index in [1.54, 1.807) is 4.31 Å². The Morgan fingerprint density at radius 1 is 1.55 bits per heavy atom. The van der Waals surface area contributed by atoms with Gasteiger partial charge in [0.1, 0.15) is 0 Å². The van der Waals surface area contributed by atoms with E-state index in [0.29, 0.717) is 12.6 Å². The van der Waals surface area contributed by atoms with Gasteiger partial charge in [-0.05, 0) is 12.8 Å². The van der Waals surface area contributed by atoms with Crippen LogP contribution in [0.15, 0.2) is 0 Å². The molecule has 0 bridgehead atoms. The van der Waals surface area contributed by atoms with Gasteiger partial charge in [-0.2, -0.15) is 4.31 Å². The van der Waals surface area contributed by atoms with E-state index in [1.165, 1.54) is 6.26 Å². The molecule has 0 atom stereocenters. The summed E-state index contributed by atoms with van der Waals surface area (Å²) in [6.07, 6.45) is 3.33. The van der Waals surface area contributed by atoms with Crippen LogP contribution in [0.1, 0.15) is 12.8 Å². The Bertz CT molecular complexity index is 223. The van der Waals surface area contributed by atoms with Gasteiger partial charge >= 0.3 is 0 Å². The number of hydrogen-bond donors (Lipinski definition) is 0. The van der Waals surface area contributed by atoms with Crippen molar-refractivity contribution >= 4 is 26.0 Å². The second-order valence-corrected chi connectivity index (χ2v) is 5.52. The standard InChI is InChI=1S/C6H12BrNO2S/c1-11(9,10)8(5-4-7)6-2-3-6/h6H,2-5H2,1H3. The van der Waals surface area contributed by atoms with Crippen LogP contribution in [0.3, 0.4) is 0 Å². The fourth-order valence-electron chi connectivity index (χ4n) is 1.07. The van der Waals surface area contributed by atoms with Crippen LogP contribution in [0.5, 0.6) is 0 Å². The molecule has 3 nitrogen and oxygen atoms in total. The molecule has 1 fully saturated rings. The van der Waals surface area contributed by atoms with Crippen LogP contribution < -0.4 is 0 Å². The highest BCUT2D eigenvalue weighted by Gasteiger charge is 2.34. The van der Waals surface area contributed by atoms with Crippen LogP contribution >= 0.6 is 15.9 Å². The van der Waals surface area contributed by atoms with Crippen molar-refractivity contribution in [2.75, 3.05) is 18.1 Å². The zero-order chi connectivity index (χ0) is 8.48. The normalized spacial score (nSPS) is 19.2. The molecule has 0 N–H and O–H groups in total. The fourth-order valence-corrected chi connectivity index (χ4v) is 2.86. The molecular weight excluding hydrogens is 230 g/mol. The van der Waals surface area contributed by atoms with Gasteiger partial charge in [0.05, 0.1) is 6.26 Å². The number of halogens is 1. The summed E-state index contributed by atoms with van der Waals surface area (Å²) in [5, 5.41) is 0.719. The van der Waals surface area contributed by atoms with Gasteiger partial charge in [0.25, 0.3) is 0 Å². The van der Waals surface area contributed by atoms with Gasteiger partial charge in [-0.15, -0.1) is 0 Å². The average molecular weight is 242 g/mol. The third kappa shape index (κ3) is 2.72. The molecule has 5 heteroatoms. The Balaban J connectivity index is 2.59.